The molecule has 14 nitrogen and oxygen atoms in total. The highest BCUT2D eigenvalue weighted by Gasteiger charge is 2.16. The summed E-state index contributed by atoms with van der Waals surface area (Å²) < 4.78 is 17.1. The van der Waals surface area contributed by atoms with Crippen LogP contribution in [0.25, 0.3) is 0 Å². The van der Waals surface area contributed by atoms with Crippen molar-refractivity contribution < 1.29 is 29.5 Å². The number of hydrogen-bond donors (Lipinski definition) is 7. The van der Waals surface area contributed by atoms with Gasteiger partial charge in [-0.25, -0.2) is 0 Å². The number of anilines is 3. The van der Waals surface area contributed by atoms with Crippen molar-refractivity contribution in [1.29, 1.82) is 0 Å². The van der Waals surface area contributed by atoms with Gasteiger partial charge in [-0.2, -0.15) is 15.0 Å². The number of aliphatic hydroxyl groups is 4. The summed E-state index contributed by atoms with van der Waals surface area (Å²) in [5, 5.41) is 45.4. The van der Waals surface area contributed by atoms with Crippen molar-refractivity contribution in [3.8, 4) is 0 Å². The highest BCUT2D eigenvalue weighted by Crippen LogP contribution is 2.40. The van der Waals surface area contributed by atoms with E-state index in [4.69, 9.17) is 24.9 Å². The van der Waals surface area contributed by atoms with Crippen LogP contribution >= 0.6 is 7.37 Å². The molecule has 180 valence electrons. The van der Waals surface area contributed by atoms with Gasteiger partial charge in [-0.1, -0.05) is 0 Å². The van der Waals surface area contributed by atoms with Crippen LogP contribution in [-0.2, 0) is 9.09 Å². The molecule has 0 saturated carbocycles. The molecule has 1 aromatic rings. The first kappa shape index (κ1) is 27.4. The summed E-state index contributed by atoms with van der Waals surface area (Å²) in [6, 6.07) is 0. The monoisotopic (exact) mass is 466 g/mol. The van der Waals surface area contributed by atoms with Gasteiger partial charge in [0.15, 0.2) is 0 Å². The zero-order valence-electron chi connectivity index (χ0n) is 18.1. The minimum Gasteiger partial charge on any atom is -0.395 e. The van der Waals surface area contributed by atoms with Gasteiger partial charge >= 0.3 is 0 Å². The fourth-order valence-corrected chi connectivity index (χ4v) is 2.92. The molecule has 15 heteroatoms. The van der Waals surface area contributed by atoms with E-state index in [1.807, 2.05) is 0 Å². The van der Waals surface area contributed by atoms with Gasteiger partial charge in [0.2, 0.25) is 25.2 Å². The fraction of sp³-hybridized carbons (Fsp3) is 0.812. The van der Waals surface area contributed by atoms with Crippen LogP contribution in [0.3, 0.4) is 0 Å². The Morgan fingerprint density at radius 1 is 0.774 bits per heavy atom. The minimum absolute atomic E-state index is 0.0225. The second kappa shape index (κ2) is 15.2. The van der Waals surface area contributed by atoms with Crippen molar-refractivity contribution in [1.82, 2.24) is 24.8 Å². The number of nitrogens with zero attached hydrogens (tertiary/aromatic N) is 5. The molecular weight excluding hydrogens is 431 g/mol. The van der Waals surface area contributed by atoms with E-state index in [9.17, 15) is 4.57 Å². The topological polar surface area (TPSA) is 188 Å². The van der Waals surface area contributed by atoms with Gasteiger partial charge < -0.3 is 40.9 Å². The number of hydrogen-bond acceptors (Lipinski definition) is 14. The Kier molecular flexibility index (Phi) is 13.4. The van der Waals surface area contributed by atoms with Gasteiger partial charge in [0.05, 0.1) is 46.1 Å². The molecule has 1 aromatic heterocycles. The second-order valence-electron chi connectivity index (χ2n) is 6.64. The molecule has 0 aliphatic carbocycles. The maximum absolute atomic E-state index is 12.1. The van der Waals surface area contributed by atoms with Gasteiger partial charge in [0.25, 0.3) is 0 Å². The predicted octanol–water partition coefficient (Wildman–Crippen LogP) is -1.89. The molecule has 1 heterocycles. The first-order valence-electron chi connectivity index (χ1n) is 9.85. The molecule has 0 radical (unpaired) electrons. The summed E-state index contributed by atoms with van der Waals surface area (Å²) in [5.74, 6) is 0.617. The largest absolute Gasteiger partial charge is 0.395 e. The van der Waals surface area contributed by atoms with Crippen molar-refractivity contribution in [3.05, 3.63) is 0 Å². The van der Waals surface area contributed by atoms with E-state index in [0.29, 0.717) is 26.2 Å². The van der Waals surface area contributed by atoms with E-state index in [2.05, 4.69) is 30.9 Å². The fourth-order valence-electron chi connectivity index (χ4n) is 2.36. The number of rotatable bonds is 18. The first-order valence-corrected chi connectivity index (χ1v) is 12.1. The zero-order valence-corrected chi connectivity index (χ0v) is 19.0. The van der Waals surface area contributed by atoms with E-state index in [1.54, 1.807) is 9.80 Å². The van der Waals surface area contributed by atoms with Crippen LogP contribution in [0.15, 0.2) is 0 Å². The van der Waals surface area contributed by atoms with Crippen LogP contribution in [0.5, 0.6) is 0 Å². The molecular formula is C16H35N8O6P. The standard InChI is InChI=1S/C16H35N8O6P/c1-30-31(2,29)13-19-16-21-14(17-11-23(3-7-25)4-8-26)20-15(22-16)18-12-24(5-9-27)6-10-28/h25-28H,3-13H2,1-2H3,(H3,17,18,19,20,21,22). The van der Waals surface area contributed by atoms with E-state index in [0.717, 1.165) is 0 Å². The molecule has 1 atom stereocenters. The summed E-state index contributed by atoms with van der Waals surface area (Å²) >= 11 is 0. The van der Waals surface area contributed by atoms with Crippen LogP contribution in [0.4, 0.5) is 17.8 Å². The maximum Gasteiger partial charge on any atom is 0.230 e. The molecule has 31 heavy (non-hydrogen) atoms. The molecule has 0 aromatic carbocycles. The van der Waals surface area contributed by atoms with Crippen LogP contribution in [-0.4, -0.2) is 131 Å². The van der Waals surface area contributed by atoms with Crippen LogP contribution in [0.1, 0.15) is 0 Å². The van der Waals surface area contributed by atoms with Crippen LogP contribution < -0.4 is 16.0 Å². The lowest BCUT2D eigenvalue weighted by atomic mass is 10.5. The number of nitrogens with one attached hydrogen (secondary N) is 3. The smallest absolute Gasteiger partial charge is 0.230 e. The van der Waals surface area contributed by atoms with Crippen molar-refractivity contribution in [2.24, 2.45) is 0 Å². The van der Waals surface area contributed by atoms with Gasteiger partial charge in [-0.3, -0.25) is 14.4 Å². The third kappa shape index (κ3) is 11.5. The Morgan fingerprint density at radius 2 is 1.13 bits per heavy atom. The average molecular weight is 466 g/mol. The lowest BCUT2D eigenvalue weighted by Crippen LogP contribution is -2.35. The van der Waals surface area contributed by atoms with Crippen molar-refractivity contribution in [2.75, 3.05) is 102 Å². The molecule has 0 aliphatic rings. The summed E-state index contributed by atoms with van der Waals surface area (Å²) in [5.41, 5.74) is 0. The van der Waals surface area contributed by atoms with Gasteiger partial charge in [0, 0.05) is 40.0 Å². The average Bonchev–Trinajstić information content (AvgIpc) is 2.75. The maximum atomic E-state index is 12.1. The molecule has 1 unspecified atom stereocenters. The van der Waals surface area contributed by atoms with Crippen molar-refractivity contribution in [3.63, 3.8) is 0 Å². The van der Waals surface area contributed by atoms with Gasteiger partial charge in [-0.05, 0) is 0 Å². The Morgan fingerprint density at radius 3 is 1.45 bits per heavy atom. The van der Waals surface area contributed by atoms with Gasteiger partial charge in [-0.15, -0.1) is 0 Å². The molecule has 0 spiro atoms. The van der Waals surface area contributed by atoms with E-state index < -0.39 is 7.37 Å². The molecule has 0 fully saturated rings. The second-order valence-corrected chi connectivity index (χ2v) is 9.35. The number of aromatic nitrogens is 3. The Labute approximate surface area is 182 Å². The molecule has 0 bridgehead atoms. The van der Waals surface area contributed by atoms with Crippen molar-refractivity contribution >= 4 is 25.2 Å². The summed E-state index contributed by atoms with van der Waals surface area (Å²) in [4.78, 5) is 16.4. The minimum atomic E-state index is -2.85. The molecule has 0 amide bonds. The summed E-state index contributed by atoms with van der Waals surface area (Å²) in [7, 11) is -1.48. The van der Waals surface area contributed by atoms with E-state index >= 15 is 0 Å². The third-order valence-electron chi connectivity index (χ3n) is 4.13. The summed E-state index contributed by atoms with van der Waals surface area (Å²) in [6.07, 6.45) is 0.0225. The van der Waals surface area contributed by atoms with Crippen LogP contribution in [0.2, 0.25) is 0 Å². The highest BCUT2D eigenvalue weighted by atomic mass is 31.2. The lowest BCUT2D eigenvalue weighted by molar-refractivity contribution is 0.168. The predicted molar refractivity (Wildman–Crippen MR) is 117 cm³/mol. The highest BCUT2D eigenvalue weighted by molar-refractivity contribution is 7.58. The molecule has 7 N–H and O–H groups in total. The Hall–Kier alpha value is -1.64. The lowest BCUT2D eigenvalue weighted by Gasteiger charge is -2.22. The third-order valence-corrected chi connectivity index (χ3v) is 5.64. The molecule has 0 saturated heterocycles. The van der Waals surface area contributed by atoms with E-state index in [1.165, 1.54) is 13.8 Å². The van der Waals surface area contributed by atoms with Gasteiger partial charge in [0.1, 0.15) is 0 Å². The zero-order chi connectivity index (χ0) is 23.1. The Bertz CT molecular complexity index is 623. The molecule has 0 aliphatic heterocycles. The normalized spacial score (nSPS) is 13.4. The van der Waals surface area contributed by atoms with Crippen LogP contribution in [0, 0.1) is 0 Å². The quantitative estimate of drug-likeness (QED) is 0.0939. The summed E-state index contributed by atoms with van der Waals surface area (Å²) in [6.45, 7) is 3.23. The molecule has 1 rings (SSSR count). The first-order chi connectivity index (χ1) is 14.9. The van der Waals surface area contributed by atoms with E-state index in [-0.39, 0.29) is 63.9 Å². The van der Waals surface area contributed by atoms with Crippen molar-refractivity contribution in [2.45, 2.75) is 0 Å². The number of aliphatic hydroxyl groups excluding tert-OH is 4. The Balaban J connectivity index is 2.93. The SMILES string of the molecule is COP(C)(=O)CNc1nc(NCN(CCO)CCO)nc(NCN(CCO)CCO)n1.